The van der Waals surface area contributed by atoms with Gasteiger partial charge in [-0.3, -0.25) is 0 Å². The molecule has 1 unspecified atom stereocenters. The fourth-order valence-electron chi connectivity index (χ4n) is 1.01. The fourth-order valence-corrected chi connectivity index (χ4v) is 1.41. The van der Waals surface area contributed by atoms with Crippen molar-refractivity contribution in [3.63, 3.8) is 0 Å². The zero-order valence-electron chi connectivity index (χ0n) is 7.64. The molecule has 1 heterocycles. The fraction of sp³-hybridized carbons (Fsp3) is 0.444. The Balaban J connectivity index is 2.77. The van der Waals surface area contributed by atoms with Gasteiger partial charge in [0.25, 0.3) is 0 Å². The van der Waals surface area contributed by atoms with Crippen LogP contribution in [0.2, 0.25) is 5.15 Å². The van der Waals surface area contributed by atoms with Crippen LogP contribution < -0.4 is 0 Å². The van der Waals surface area contributed by atoms with Gasteiger partial charge in [0.15, 0.2) is 0 Å². The van der Waals surface area contributed by atoms with E-state index in [1.165, 1.54) is 12.1 Å². The van der Waals surface area contributed by atoms with E-state index < -0.39 is 11.2 Å². The summed E-state index contributed by atoms with van der Waals surface area (Å²) in [7, 11) is 1.56. The van der Waals surface area contributed by atoms with E-state index in [2.05, 4.69) is 4.98 Å². The number of halogens is 3. The highest BCUT2D eigenvalue weighted by Gasteiger charge is 2.14. The van der Waals surface area contributed by atoms with E-state index in [0.29, 0.717) is 13.0 Å². The molecule has 0 aliphatic rings. The van der Waals surface area contributed by atoms with E-state index in [0.717, 1.165) is 0 Å². The zero-order valence-corrected chi connectivity index (χ0v) is 9.15. The van der Waals surface area contributed by atoms with Crippen molar-refractivity contribution < 1.29 is 9.13 Å². The standard InChI is InChI=1S/C9H10Cl2FNO/c1-14-5-4-6(10)9-7(12)2-3-8(11)13-9/h2-3,6H,4-5H2,1H3. The predicted octanol–water partition coefficient (Wildman–Crippen LogP) is 3.19. The summed E-state index contributed by atoms with van der Waals surface area (Å²) in [6.45, 7) is 0.460. The van der Waals surface area contributed by atoms with E-state index in [1.807, 2.05) is 0 Å². The highest BCUT2D eigenvalue weighted by Crippen LogP contribution is 2.25. The van der Waals surface area contributed by atoms with Crippen LogP contribution in [-0.4, -0.2) is 18.7 Å². The van der Waals surface area contributed by atoms with Crippen LogP contribution in [0.15, 0.2) is 12.1 Å². The first-order valence-electron chi connectivity index (χ1n) is 4.10. The minimum absolute atomic E-state index is 0.177. The second-order valence-electron chi connectivity index (χ2n) is 2.75. The monoisotopic (exact) mass is 237 g/mol. The average molecular weight is 238 g/mol. The summed E-state index contributed by atoms with van der Waals surface area (Å²) in [6, 6.07) is 2.65. The molecule has 1 aromatic heterocycles. The number of methoxy groups -OCH3 is 1. The van der Waals surface area contributed by atoms with Gasteiger partial charge in [0.2, 0.25) is 0 Å². The summed E-state index contributed by atoms with van der Waals surface area (Å²) in [4.78, 5) is 3.83. The van der Waals surface area contributed by atoms with Gasteiger partial charge in [-0.1, -0.05) is 11.6 Å². The molecule has 1 atom stereocenters. The topological polar surface area (TPSA) is 22.1 Å². The van der Waals surface area contributed by atoms with Gasteiger partial charge >= 0.3 is 0 Å². The number of nitrogens with zero attached hydrogens (tertiary/aromatic N) is 1. The molecular weight excluding hydrogens is 228 g/mol. The molecule has 0 bridgehead atoms. The lowest BCUT2D eigenvalue weighted by Gasteiger charge is -2.09. The van der Waals surface area contributed by atoms with Crippen LogP contribution in [0.4, 0.5) is 4.39 Å². The second-order valence-corrected chi connectivity index (χ2v) is 3.66. The molecule has 78 valence electrons. The molecule has 0 fully saturated rings. The highest BCUT2D eigenvalue weighted by molar-refractivity contribution is 6.29. The van der Waals surface area contributed by atoms with Crippen LogP contribution in [0.5, 0.6) is 0 Å². The Morgan fingerprint density at radius 2 is 2.29 bits per heavy atom. The number of aromatic nitrogens is 1. The number of alkyl halides is 1. The molecule has 1 aromatic rings. The van der Waals surface area contributed by atoms with Crippen molar-refractivity contribution >= 4 is 23.2 Å². The number of pyridine rings is 1. The quantitative estimate of drug-likeness (QED) is 0.593. The normalized spacial score (nSPS) is 12.9. The Hall–Kier alpha value is -0.380. The predicted molar refractivity (Wildman–Crippen MR) is 54.3 cm³/mol. The molecule has 1 rings (SSSR count). The maximum Gasteiger partial charge on any atom is 0.146 e. The molecular formula is C9H10Cl2FNO. The SMILES string of the molecule is COCCC(Cl)c1nc(Cl)ccc1F. The van der Waals surface area contributed by atoms with E-state index in [9.17, 15) is 4.39 Å². The molecule has 0 saturated carbocycles. The Kier molecular flexibility index (Phi) is 4.58. The Labute approximate surface area is 92.0 Å². The number of ether oxygens (including phenoxy) is 1. The van der Waals surface area contributed by atoms with E-state index >= 15 is 0 Å². The Morgan fingerprint density at radius 1 is 1.57 bits per heavy atom. The molecule has 5 heteroatoms. The Morgan fingerprint density at radius 3 is 2.93 bits per heavy atom. The Bertz CT molecular complexity index is 309. The molecule has 0 spiro atoms. The van der Waals surface area contributed by atoms with Crippen molar-refractivity contribution in [3.05, 3.63) is 28.8 Å². The van der Waals surface area contributed by atoms with Crippen molar-refractivity contribution in [2.45, 2.75) is 11.8 Å². The molecule has 0 radical (unpaired) electrons. The lowest BCUT2D eigenvalue weighted by Crippen LogP contribution is -2.02. The van der Waals surface area contributed by atoms with Crippen LogP contribution in [0.1, 0.15) is 17.5 Å². The molecule has 0 N–H and O–H groups in total. The van der Waals surface area contributed by atoms with Gasteiger partial charge in [0, 0.05) is 13.7 Å². The maximum absolute atomic E-state index is 13.2. The van der Waals surface area contributed by atoms with E-state index in [-0.39, 0.29) is 10.8 Å². The van der Waals surface area contributed by atoms with Crippen molar-refractivity contribution in [1.29, 1.82) is 0 Å². The minimum Gasteiger partial charge on any atom is -0.385 e. The summed E-state index contributed by atoms with van der Waals surface area (Å²) in [5, 5.41) is -0.266. The van der Waals surface area contributed by atoms with Gasteiger partial charge in [0.05, 0.1) is 11.1 Å². The summed E-state index contributed by atoms with van der Waals surface area (Å²) < 4.78 is 18.0. The van der Waals surface area contributed by atoms with Gasteiger partial charge in [-0.25, -0.2) is 9.37 Å². The first kappa shape index (κ1) is 11.7. The van der Waals surface area contributed by atoms with Crippen LogP contribution >= 0.6 is 23.2 Å². The summed E-state index contributed by atoms with van der Waals surface area (Å²) in [5.41, 5.74) is 0.177. The number of hydrogen-bond acceptors (Lipinski definition) is 2. The molecule has 14 heavy (non-hydrogen) atoms. The maximum atomic E-state index is 13.2. The van der Waals surface area contributed by atoms with Crippen LogP contribution in [0, 0.1) is 5.82 Å². The number of rotatable bonds is 4. The lowest BCUT2D eigenvalue weighted by atomic mass is 10.2. The molecule has 2 nitrogen and oxygen atoms in total. The van der Waals surface area contributed by atoms with Gasteiger partial charge in [-0.15, -0.1) is 11.6 Å². The molecule has 0 saturated heterocycles. The molecule has 0 aromatic carbocycles. The van der Waals surface area contributed by atoms with E-state index in [4.69, 9.17) is 27.9 Å². The molecule has 0 aliphatic heterocycles. The third-order valence-electron chi connectivity index (χ3n) is 1.71. The minimum atomic E-state index is -0.506. The van der Waals surface area contributed by atoms with Crippen LogP contribution in [0.3, 0.4) is 0 Å². The summed E-state index contributed by atoms with van der Waals surface area (Å²) in [5.74, 6) is -0.439. The first-order chi connectivity index (χ1) is 6.65. The number of hydrogen-bond donors (Lipinski definition) is 0. The first-order valence-corrected chi connectivity index (χ1v) is 4.91. The van der Waals surface area contributed by atoms with Crippen molar-refractivity contribution in [2.75, 3.05) is 13.7 Å². The zero-order chi connectivity index (χ0) is 10.6. The van der Waals surface area contributed by atoms with Crippen LogP contribution in [0.25, 0.3) is 0 Å². The van der Waals surface area contributed by atoms with Crippen molar-refractivity contribution in [1.82, 2.24) is 4.98 Å². The largest absolute Gasteiger partial charge is 0.385 e. The third kappa shape index (κ3) is 3.08. The van der Waals surface area contributed by atoms with Gasteiger partial charge in [-0.05, 0) is 18.6 Å². The van der Waals surface area contributed by atoms with Gasteiger partial charge < -0.3 is 4.74 Å². The lowest BCUT2D eigenvalue weighted by molar-refractivity contribution is 0.193. The average Bonchev–Trinajstić information content (AvgIpc) is 2.18. The van der Waals surface area contributed by atoms with Gasteiger partial charge in [0.1, 0.15) is 11.0 Å². The highest BCUT2D eigenvalue weighted by atomic mass is 35.5. The third-order valence-corrected chi connectivity index (χ3v) is 2.35. The summed E-state index contributed by atoms with van der Waals surface area (Å²) >= 11 is 11.5. The van der Waals surface area contributed by atoms with Gasteiger partial charge in [-0.2, -0.15) is 0 Å². The summed E-state index contributed by atoms with van der Waals surface area (Å²) in [6.07, 6.45) is 0.502. The second kappa shape index (κ2) is 5.49. The van der Waals surface area contributed by atoms with E-state index in [1.54, 1.807) is 7.11 Å². The molecule has 0 aliphatic carbocycles. The van der Waals surface area contributed by atoms with Crippen molar-refractivity contribution in [3.8, 4) is 0 Å². The van der Waals surface area contributed by atoms with Crippen LogP contribution in [-0.2, 0) is 4.74 Å². The molecule has 0 amide bonds. The van der Waals surface area contributed by atoms with Crippen molar-refractivity contribution in [2.24, 2.45) is 0 Å². The smallest absolute Gasteiger partial charge is 0.146 e.